The molecule has 0 fully saturated rings. The molecular weight excluding hydrogens is 302 g/mol. The lowest BCUT2D eigenvalue weighted by atomic mass is 10.1. The van der Waals surface area contributed by atoms with Crippen LogP contribution in [0.1, 0.15) is 15.9 Å². The number of amides is 1. The first-order chi connectivity index (χ1) is 9.97. The molecule has 1 aromatic heterocycles. The number of aromatic nitrogens is 1. The number of carbonyl (C=O) groups excluding carboxylic acids is 2. The molecule has 7 heteroatoms. The van der Waals surface area contributed by atoms with E-state index in [2.05, 4.69) is 4.98 Å². The van der Waals surface area contributed by atoms with Crippen molar-refractivity contribution < 1.29 is 18.4 Å². The maximum atomic E-state index is 13.3. The van der Waals surface area contributed by atoms with Crippen molar-refractivity contribution in [3.63, 3.8) is 0 Å². The average Bonchev–Trinajstić information content (AvgIpc) is 2.65. The maximum absolute atomic E-state index is 13.3. The molecule has 0 saturated heterocycles. The summed E-state index contributed by atoms with van der Waals surface area (Å²) in [5, 5.41) is 0.232. The molecule has 0 saturated carbocycles. The minimum Gasteiger partial charge on any atom is -0.300 e. The van der Waals surface area contributed by atoms with Gasteiger partial charge >= 0.3 is 0 Å². The molecule has 0 aliphatic carbocycles. The third-order valence-electron chi connectivity index (χ3n) is 3.15. The number of hydrogen-bond acceptors (Lipinski definition) is 3. The van der Waals surface area contributed by atoms with Crippen LogP contribution in [0.4, 0.5) is 14.5 Å². The maximum Gasteiger partial charge on any atom is 0.299 e. The van der Waals surface area contributed by atoms with E-state index < -0.39 is 23.3 Å². The molecule has 0 radical (unpaired) electrons. The number of Topliss-reactive ketones (excluding diaryl/α,β-unsaturated/α-hetero) is 1. The number of fused-ring (bicyclic) bond motifs is 1. The lowest BCUT2D eigenvalue weighted by Crippen LogP contribution is -2.29. The van der Waals surface area contributed by atoms with E-state index in [1.807, 2.05) is 0 Å². The summed E-state index contributed by atoms with van der Waals surface area (Å²) < 4.78 is 26.5. The molecule has 3 rings (SSSR count). The van der Waals surface area contributed by atoms with Gasteiger partial charge in [0, 0.05) is 12.3 Å². The Balaban J connectivity index is 2.03. The highest BCUT2D eigenvalue weighted by Crippen LogP contribution is 2.32. The van der Waals surface area contributed by atoms with Crippen molar-refractivity contribution in [3.05, 3.63) is 58.4 Å². The molecule has 2 heterocycles. The third kappa shape index (κ3) is 2.27. The van der Waals surface area contributed by atoms with E-state index in [1.165, 1.54) is 12.3 Å². The number of pyridine rings is 1. The molecule has 1 aromatic carbocycles. The van der Waals surface area contributed by atoms with E-state index in [0.29, 0.717) is 5.56 Å². The van der Waals surface area contributed by atoms with Gasteiger partial charge in [-0.1, -0.05) is 11.6 Å². The highest BCUT2D eigenvalue weighted by molar-refractivity contribution is 6.52. The van der Waals surface area contributed by atoms with E-state index in [-0.39, 0.29) is 22.9 Å². The second-order valence-corrected chi connectivity index (χ2v) is 4.88. The first-order valence-electron chi connectivity index (χ1n) is 5.93. The second-order valence-electron chi connectivity index (χ2n) is 4.49. The smallest absolute Gasteiger partial charge is 0.299 e. The highest BCUT2D eigenvalue weighted by atomic mass is 35.5. The van der Waals surface area contributed by atoms with E-state index >= 15 is 0 Å². The number of rotatable bonds is 2. The summed E-state index contributed by atoms with van der Waals surface area (Å²) in [4.78, 5) is 28.7. The minimum atomic E-state index is -1.16. The molecule has 2 aromatic rings. The number of ketones is 1. The Labute approximate surface area is 123 Å². The molecule has 106 valence electrons. The number of hydrogen-bond donors (Lipinski definition) is 0. The highest BCUT2D eigenvalue weighted by Gasteiger charge is 2.37. The molecule has 4 nitrogen and oxygen atoms in total. The Bertz CT molecular complexity index is 780. The SMILES string of the molecule is O=C1C(=O)N(Cc2ccnc(Cl)c2)c2cc(F)c(F)cc21. The zero-order chi connectivity index (χ0) is 15.1. The summed E-state index contributed by atoms with van der Waals surface area (Å²) in [7, 11) is 0. The zero-order valence-electron chi connectivity index (χ0n) is 10.4. The van der Waals surface area contributed by atoms with E-state index in [0.717, 1.165) is 17.0 Å². The summed E-state index contributed by atoms with van der Waals surface area (Å²) in [5.74, 6) is -3.97. The van der Waals surface area contributed by atoms with Crippen molar-refractivity contribution in [3.8, 4) is 0 Å². The van der Waals surface area contributed by atoms with Crippen molar-refractivity contribution in [1.29, 1.82) is 0 Å². The standard InChI is InChI=1S/C14H7ClF2N2O2/c15-12-3-7(1-2-18-12)6-19-11-5-10(17)9(16)4-8(11)13(20)14(19)21/h1-5H,6H2. The molecule has 1 aliphatic heterocycles. The average molecular weight is 309 g/mol. The number of benzene rings is 1. The van der Waals surface area contributed by atoms with Crippen LogP contribution in [0.2, 0.25) is 5.15 Å². The van der Waals surface area contributed by atoms with Gasteiger partial charge in [0.25, 0.3) is 11.7 Å². The van der Waals surface area contributed by atoms with Crippen LogP contribution >= 0.6 is 11.6 Å². The van der Waals surface area contributed by atoms with Gasteiger partial charge in [0.05, 0.1) is 17.8 Å². The van der Waals surface area contributed by atoms with Gasteiger partial charge in [0.15, 0.2) is 11.6 Å². The fourth-order valence-electron chi connectivity index (χ4n) is 2.17. The van der Waals surface area contributed by atoms with Gasteiger partial charge in [-0.3, -0.25) is 9.59 Å². The lowest BCUT2D eigenvalue weighted by Gasteiger charge is -2.16. The number of halogens is 3. The van der Waals surface area contributed by atoms with Crippen LogP contribution in [-0.4, -0.2) is 16.7 Å². The van der Waals surface area contributed by atoms with Gasteiger partial charge in [-0.15, -0.1) is 0 Å². The number of nitrogens with zero attached hydrogens (tertiary/aromatic N) is 2. The van der Waals surface area contributed by atoms with Crippen LogP contribution in [0.25, 0.3) is 0 Å². The Kier molecular flexibility index (Phi) is 3.17. The van der Waals surface area contributed by atoms with Crippen molar-refractivity contribution in [2.45, 2.75) is 6.54 Å². The summed E-state index contributed by atoms with van der Waals surface area (Å²) in [6.45, 7) is 0.0187. The summed E-state index contributed by atoms with van der Waals surface area (Å²) >= 11 is 5.75. The molecule has 0 atom stereocenters. The van der Waals surface area contributed by atoms with Gasteiger partial charge < -0.3 is 4.90 Å². The largest absolute Gasteiger partial charge is 0.300 e. The Morgan fingerprint density at radius 2 is 1.86 bits per heavy atom. The Hall–Kier alpha value is -2.34. The monoisotopic (exact) mass is 308 g/mol. The molecule has 0 N–H and O–H groups in total. The van der Waals surface area contributed by atoms with Gasteiger partial charge in [-0.25, -0.2) is 13.8 Å². The van der Waals surface area contributed by atoms with E-state index in [1.54, 1.807) is 6.07 Å². The number of anilines is 1. The van der Waals surface area contributed by atoms with Crippen LogP contribution in [-0.2, 0) is 11.3 Å². The van der Waals surface area contributed by atoms with E-state index in [9.17, 15) is 18.4 Å². The third-order valence-corrected chi connectivity index (χ3v) is 3.35. The van der Waals surface area contributed by atoms with Crippen molar-refractivity contribution >= 4 is 29.0 Å². The van der Waals surface area contributed by atoms with Gasteiger partial charge in [0.2, 0.25) is 0 Å². The summed E-state index contributed by atoms with van der Waals surface area (Å²) in [6.07, 6.45) is 1.45. The van der Waals surface area contributed by atoms with Gasteiger partial charge in [-0.05, 0) is 23.8 Å². The summed E-state index contributed by atoms with van der Waals surface area (Å²) in [5.41, 5.74) is 0.532. The van der Waals surface area contributed by atoms with Crippen LogP contribution in [0, 0.1) is 11.6 Å². The molecular formula is C14H7ClF2N2O2. The second kappa shape index (κ2) is 4.89. The number of carbonyl (C=O) groups is 2. The molecule has 0 bridgehead atoms. The van der Waals surface area contributed by atoms with Crippen molar-refractivity contribution in [2.75, 3.05) is 4.90 Å². The fourth-order valence-corrected chi connectivity index (χ4v) is 2.37. The molecule has 1 amide bonds. The first-order valence-corrected chi connectivity index (χ1v) is 6.31. The minimum absolute atomic E-state index is 0.0187. The van der Waals surface area contributed by atoms with Crippen molar-refractivity contribution in [1.82, 2.24) is 4.98 Å². The molecule has 1 aliphatic rings. The summed E-state index contributed by atoms with van der Waals surface area (Å²) in [6, 6.07) is 4.72. The molecule has 0 unspecified atom stereocenters. The zero-order valence-corrected chi connectivity index (χ0v) is 11.2. The van der Waals surface area contributed by atoms with Crippen molar-refractivity contribution in [2.24, 2.45) is 0 Å². The molecule has 21 heavy (non-hydrogen) atoms. The van der Waals surface area contributed by atoms with Crippen LogP contribution in [0.3, 0.4) is 0 Å². The predicted octanol–water partition coefficient (Wildman–Crippen LogP) is 2.74. The van der Waals surface area contributed by atoms with Crippen LogP contribution < -0.4 is 4.90 Å². The quantitative estimate of drug-likeness (QED) is 0.633. The first kappa shape index (κ1) is 13.6. The van der Waals surface area contributed by atoms with Crippen LogP contribution in [0.5, 0.6) is 0 Å². The van der Waals surface area contributed by atoms with Crippen LogP contribution in [0.15, 0.2) is 30.5 Å². The van der Waals surface area contributed by atoms with E-state index in [4.69, 9.17) is 11.6 Å². The van der Waals surface area contributed by atoms with Gasteiger partial charge in [0.1, 0.15) is 5.15 Å². The Morgan fingerprint density at radius 1 is 1.14 bits per heavy atom. The predicted molar refractivity (Wildman–Crippen MR) is 71.1 cm³/mol. The van der Waals surface area contributed by atoms with Gasteiger partial charge in [-0.2, -0.15) is 0 Å². The lowest BCUT2D eigenvalue weighted by molar-refractivity contribution is -0.114. The fraction of sp³-hybridized carbons (Fsp3) is 0.0714. The molecule has 0 spiro atoms. The normalized spacial score (nSPS) is 13.8. The Morgan fingerprint density at radius 3 is 2.57 bits per heavy atom. The topological polar surface area (TPSA) is 50.3 Å².